The minimum Gasteiger partial charge on any atom is -0.288 e. The zero-order valence-electron chi connectivity index (χ0n) is 4.03. The number of hydrogen-bond acceptors (Lipinski definition) is 2. The van der Waals surface area contributed by atoms with Gasteiger partial charge in [-0.05, 0) is 0 Å². The summed E-state index contributed by atoms with van der Waals surface area (Å²) < 4.78 is 0. The van der Waals surface area contributed by atoms with Gasteiger partial charge in [-0.2, -0.15) is 0 Å². The van der Waals surface area contributed by atoms with Crippen LogP contribution in [0.2, 0.25) is 0 Å². The lowest BCUT2D eigenvalue weighted by Gasteiger charge is -1.85. The fourth-order valence-corrected chi connectivity index (χ4v) is 0.601. The second-order valence-electron chi connectivity index (χ2n) is 1.38. The molecule has 0 aromatic carbocycles. The van der Waals surface area contributed by atoms with Crippen molar-refractivity contribution >= 4 is 12.6 Å². The van der Waals surface area contributed by atoms with Crippen molar-refractivity contribution in [3.8, 4) is 5.75 Å². The van der Waals surface area contributed by atoms with E-state index < -0.39 is 0 Å². The molecule has 0 aliphatic heterocycles. The summed E-state index contributed by atoms with van der Waals surface area (Å²) in [5.74, 6) is -0.0995. The Kier molecular flexibility index (Phi) is 1.39. The van der Waals surface area contributed by atoms with Gasteiger partial charge < -0.3 is 0 Å². The lowest BCUT2D eigenvalue weighted by molar-refractivity contribution is 0.352. The Hall–Kier alpha value is -0.700. The summed E-state index contributed by atoms with van der Waals surface area (Å²) in [7, 11) is 0. The van der Waals surface area contributed by atoms with Gasteiger partial charge in [0.2, 0.25) is 0 Å². The van der Waals surface area contributed by atoms with Crippen molar-refractivity contribution in [2.45, 2.75) is 4.90 Å². The van der Waals surface area contributed by atoms with Crippen LogP contribution in [-0.2, 0) is 5.11 Å². The highest BCUT2D eigenvalue weighted by atomic mass is 32.1. The molecule has 1 aromatic rings. The number of thiol groups is 1. The standard InChI is InChI=1S/C5H4NOS/c7-4-1-5(8)3-6-2-4/h1-3,8H. The van der Waals surface area contributed by atoms with Crippen molar-refractivity contribution in [3.63, 3.8) is 0 Å². The van der Waals surface area contributed by atoms with Gasteiger partial charge in [0.25, 0.3) is 0 Å². The number of rotatable bonds is 0. The van der Waals surface area contributed by atoms with Gasteiger partial charge in [0.05, 0.1) is 6.20 Å². The van der Waals surface area contributed by atoms with Crippen molar-refractivity contribution in [1.82, 2.24) is 4.98 Å². The average molecular weight is 126 g/mol. The molecule has 1 radical (unpaired) electrons. The van der Waals surface area contributed by atoms with Crippen LogP contribution in [0.25, 0.3) is 0 Å². The summed E-state index contributed by atoms with van der Waals surface area (Å²) in [5.41, 5.74) is 0. The van der Waals surface area contributed by atoms with Crippen LogP contribution in [0.3, 0.4) is 0 Å². The summed E-state index contributed by atoms with van der Waals surface area (Å²) in [4.78, 5) is 4.20. The van der Waals surface area contributed by atoms with Crippen LogP contribution in [-0.4, -0.2) is 4.98 Å². The molecule has 41 valence electrons. The van der Waals surface area contributed by atoms with Gasteiger partial charge in [0.1, 0.15) is 0 Å². The summed E-state index contributed by atoms with van der Waals surface area (Å²) >= 11 is 3.89. The SMILES string of the molecule is [O]c1cncc(S)c1. The molecule has 0 saturated carbocycles. The Balaban J connectivity index is 3.08. The molecule has 0 unspecified atom stereocenters. The van der Waals surface area contributed by atoms with E-state index in [0.29, 0.717) is 4.90 Å². The van der Waals surface area contributed by atoms with Crippen molar-refractivity contribution in [2.75, 3.05) is 0 Å². The lowest BCUT2D eigenvalue weighted by Crippen LogP contribution is -1.68. The van der Waals surface area contributed by atoms with Gasteiger partial charge in [-0.15, -0.1) is 12.6 Å². The van der Waals surface area contributed by atoms with Crippen molar-refractivity contribution in [1.29, 1.82) is 0 Å². The van der Waals surface area contributed by atoms with E-state index in [-0.39, 0.29) is 5.75 Å². The highest BCUT2D eigenvalue weighted by Crippen LogP contribution is 2.11. The second-order valence-corrected chi connectivity index (χ2v) is 1.90. The molecule has 1 heterocycles. The molecule has 2 nitrogen and oxygen atoms in total. The molecule has 1 rings (SSSR count). The molecule has 0 aliphatic rings. The maximum Gasteiger partial charge on any atom is 0.197 e. The molecule has 0 aliphatic carbocycles. The fourth-order valence-electron chi connectivity index (χ4n) is 0.407. The highest BCUT2D eigenvalue weighted by molar-refractivity contribution is 7.80. The normalized spacial score (nSPS) is 9.12. The zero-order chi connectivity index (χ0) is 5.98. The van der Waals surface area contributed by atoms with Crippen LogP contribution < -0.4 is 0 Å². The Labute approximate surface area is 52.6 Å². The van der Waals surface area contributed by atoms with Crippen LogP contribution in [0.15, 0.2) is 23.4 Å². The van der Waals surface area contributed by atoms with Crippen LogP contribution in [0.4, 0.5) is 0 Å². The first-order valence-corrected chi connectivity index (χ1v) is 2.55. The van der Waals surface area contributed by atoms with Crippen molar-refractivity contribution in [3.05, 3.63) is 18.5 Å². The maximum atomic E-state index is 10.4. The summed E-state index contributed by atoms with van der Waals surface area (Å²) in [6, 6.07) is 1.41. The smallest absolute Gasteiger partial charge is 0.197 e. The average Bonchev–Trinajstić information content (AvgIpc) is 1.64. The van der Waals surface area contributed by atoms with Crippen molar-refractivity contribution in [2.24, 2.45) is 0 Å². The minimum absolute atomic E-state index is 0.0995. The van der Waals surface area contributed by atoms with Gasteiger partial charge in [-0.3, -0.25) is 10.1 Å². The first-order valence-electron chi connectivity index (χ1n) is 2.10. The third-order valence-electron chi connectivity index (χ3n) is 0.699. The molecule has 0 amide bonds. The Morgan fingerprint density at radius 3 is 2.62 bits per heavy atom. The summed E-state index contributed by atoms with van der Waals surface area (Å²) in [6.07, 6.45) is 2.77. The predicted octanol–water partition coefficient (Wildman–Crippen LogP) is 1.51. The Bertz CT molecular complexity index is 172. The largest absolute Gasteiger partial charge is 0.288 e. The molecule has 0 saturated heterocycles. The van der Waals surface area contributed by atoms with Crippen molar-refractivity contribution < 1.29 is 5.11 Å². The van der Waals surface area contributed by atoms with Crippen LogP contribution in [0, 0.1) is 0 Å². The Morgan fingerprint density at radius 1 is 1.50 bits per heavy atom. The molecular weight excluding hydrogens is 122 g/mol. The van der Waals surface area contributed by atoms with Crippen LogP contribution >= 0.6 is 12.6 Å². The lowest BCUT2D eigenvalue weighted by atomic mass is 10.5. The molecule has 0 atom stereocenters. The minimum atomic E-state index is -0.0995. The highest BCUT2D eigenvalue weighted by Gasteiger charge is 1.88. The molecule has 0 N–H and O–H groups in total. The van der Waals surface area contributed by atoms with Gasteiger partial charge in [-0.25, -0.2) is 0 Å². The zero-order valence-corrected chi connectivity index (χ0v) is 4.93. The van der Waals surface area contributed by atoms with Crippen LogP contribution in [0.1, 0.15) is 0 Å². The van der Waals surface area contributed by atoms with E-state index >= 15 is 0 Å². The summed E-state index contributed by atoms with van der Waals surface area (Å²) in [6.45, 7) is 0. The third-order valence-corrected chi connectivity index (χ3v) is 0.943. The molecule has 3 heteroatoms. The van der Waals surface area contributed by atoms with E-state index in [2.05, 4.69) is 17.6 Å². The van der Waals surface area contributed by atoms with Gasteiger partial charge in [0, 0.05) is 17.2 Å². The molecule has 8 heavy (non-hydrogen) atoms. The number of aromatic nitrogens is 1. The first kappa shape index (κ1) is 5.44. The number of hydrogen-bond donors (Lipinski definition) is 1. The van der Waals surface area contributed by atoms with Gasteiger partial charge >= 0.3 is 0 Å². The summed E-state index contributed by atoms with van der Waals surface area (Å²) in [5, 5.41) is 10.4. The Morgan fingerprint density at radius 2 is 2.25 bits per heavy atom. The predicted molar refractivity (Wildman–Crippen MR) is 31.6 cm³/mol. The maximum absolute atomic E-state index is 10.4. The van der Waals surface area contributed by atoms with E-state index in [1.54, 1.807) is 0 Å². The van der Waals surface area contributed by atoms with Gasteiger partial charge in [0.15, 0.2) is 5.75 Å². The van der Waals surface area contributed by atoms with Gasteiger partial charge in [-0.1, -0.05) is 0 Å². The third kappa shape index (κ3) is 1.13. The monoisotopic (exact) mass is 126 g/mol. The van der Waals surface area contributed by atoms with E-state index in [1.165, 1.54) is 18.5 Å². The molecule has 0 fully saturated rings. The topological polar surface area (TPSA) is 32.8 Å². The quantitative estimate of drug-likeness (QED) is 0.525. The van der Waals surface area contributed by atoms with Crippen LogP contribution in [0.5, 0.6) is 5.75 Å². The fraction of sp³-hybridized carbons (Fsp3) is 0. The first-order chi connectivity index (χ1) is 3.79. The molecular formula is C5H4NOS. The van der Waals surface area contributed by atoms with E-state index in [9.17, 15) is 5.11 Å². The molecule has 0 spiro atoms. The number of pyridine rings is 1. The number of nitrogens with zero attached hydrogens (tertiary/aromatic N) is 1. The second kappa shape index (κ2) is 2.05. The molecule has 1 aromatic heterocycles. The van der Waals surface area contributed by atoms with E-state index in [0.717, 1.165) is 0 Å². The van der Waals surface area contributed by atoms with E-state index in [1.807, 2.05) is 0 Å². The molecule has 0 bridgehead atoms. The van der Waals surface area contributed by atoms with E-state index in [4.69, 9.17) is 0 Å².